The van der Waals surface area contributed by atoms with Crippen molar-refractivity contribution >= 4 is 38.7 Å². The van der Waals surface area contributed by atoms with Crippen molar-refractivity contribution in [3.63, 3.8) is 0 Å². The molecule has 0 aliphatic carbocycles. The normalized spacial score (nSPS) is 12.8. The Labute approximate surface area is 137 Å². The summed E-state index contributed by atoms with van der Waals surface area (Å²) in [5, 5.41) is -0.196. The van der Waals surface area contributed by atoms with Gasteiger partial charge in [-0.2, -0.15) is 0 Å². The highest BCUT2D eigenvalue weighted by molar-refractivity contribution is 9.10. The van der Waals surface area contributed by atoms with Gasteiger partial charge in [-0.3, -0.25) is 4.57 Å². The van der Waals surface area contributed by atoms with Crippen molar-refractivity contribution in [1.82, 2.24) is 14.5 Å². The van der Waals surface area contributed by atoms with E-state index in [0.29, 0.717) is 0 Å². The van der Waals surface area contributed by atoms with E-state index in [9.17, 15) is 0 Å². The molecule has 0 spiro atoms. The van der Waals surface area contributed by atoms with Gasteiger partial charge < -0.3 is 0 Å². The van der Waals surface area contributed by atoms with Crippen LogP contribution in [0.4, 0.5) is 0 Å². The van der Waals surface area contributed by atoms with Crippen molar-refractivity contribution < 1.29 is 0 Å². The van der Waals surface area contributed by atoms with E-state index in [-0.39, 0.29) is 5.38 Å². The number of halogens is 2. The van der Waals surface area contributed by atoms with Crippen LogP contribution >= 0.6 is 27.5 Å². The number of rotatable bonds is 2. The van der Waals surface area contributed by atoms with Crippen LogP contribution in [0.15, 0.2) is 34.9 Å². The van der Waals surface area contributed by atoms with E-state index in [1.807, 2.05) is 17.6 Å². The summed E-state index contributed by atoms with van der Waals surface area (Å²) in [6, 6.07) is 8.31. The average Bonchev–Trinajstić information content (AvgIpc) is 2.77. The van der Waals surface area contributed by atoms with E-state index in [1.165, 1.54) is 11.1 Å². The summed E-state index contributed by atoms with van der Waals surface area (Å²) in [6.07, 6.45) is 1.78. The maximum atomic E-state index is 6.33. The molecule has 2 aromatic heterocycles. The number of benzene rings is 1. The predicted octanol–water partition coefficient (Wildman–Crippen LogP) is 5.10. The first-order valence-corrected chi connectivity index (χ1v) is 7.96. The van der Waals surface area contributed by atoms with Crippen LogP contribution in [0.25, 0.3) is 16.9 Å². The lowest BCUT2D eigenvalue weighted by molar-refractivity contribution is 0.872. The summed E-state index contributed by atoms with van der Waals surface area (Å²) in [4.78, 5) is 9.17. The minimum atomic E-state index is -0.196. The molecule has 0 N–H and O–H groups in total. The van der Waals surface area contributed by atoms with Gasteiger partial charge >= 0.3 is 0 Å². The molecule has 0 amide bonds. The first kappa shape index (κ1) is 14.5. The number of aromatic nitrogens is 3. The fourth-order valence-electron chi connectivity index (χ4n) is 2.52. The third-order valence-corrected chi connectivity index (χ3v) is 4.07. The highest BCUT2D eigenvalue weighted by Gasteiger charge is 2.18. The van der Waals surface area contributed by atoms with Crippen LogP contribution < -0.4 is 0 Å². The minimum absolute atomic E-state index is 0.196. The van der Waals surface area contributed by atoms with Crippen molar-refractivity contribution in [2.75, 3.05) is 0 Å². The van der Waals surface area contributed by atoms with Crippen LogP contribution in [0.3, 0.4) is 0 Å². The van der Waals surface area contributed by atoms with E-state index < -0.39 is 0 Å². The monoisotopic (exact) mass is 363 g/mol. The molecule has 0 saturated heterocycles. The number of hydrogen-bond donors (Lipinski definition) is 0. The first-order valence-electron chi connectivity index (χ1n) is 6.73. The third-order valence-electron chi connectivity index (χ3n) is 3.44. The summed E-state index contributed by atoms with van der Waals surface area (Å²) < 4.78 is 2.96. The molecule has 0 fully saturated rings. The van der Waals surface area contributed by atoms with Crippen LogP contribution in [0.5, 0.6) is 0 Å². The number of alkyl halides is 1. The second-order valence-corrected chi connectivity index (χ2v) is 6.78. The summed E-state index contributed by atoms with van der Waals surface area (Å²) in [7, 11) is 0. The first-order chi connectivity index (χ1) is 9.97. The van der Waals surface area contributed by atoms with Gasteiger partial charge in [-0.1, -0.05) is 17.7 Å². The fraction of sp³-hybridized carbons (Fsp3) is 0.250. The molecule has 21 heavy (non-hydrogen) atoms. The van der Waals surface area contributed by atoms with Crippen LogP contribution in [0, 0.1) is 13.8 Å². The Balaban J connectivity index is 2.36. The van der Waals surface area contributed by atoms with Gasteiger partial charge in [0.1, 0.15) is 11.3 Å². The molecule has 1 aromatic carbocycles. The van der Waals surface area contributed by atoms with E-state index in [1.54, 1.807) is 6.20 Å². The molecule has 0 bridgehead atoms. The van der Waals surface area contributed by atoms with Gasteiger partial charge in [-0.25, -0.2) is 9.97 Å². The van der Waals surface area contributed by atoms with E-state index in [4.69, 9.17) is 11.6 Å². The smallest absolute Gasteiger partial charge is 0.164 e. The number of nitrogens with zero attached hydrogens (tertiary/aromatic N) is 3. The highest BCUT2D eigenvalue weighted by atomic mass is 79.9. The molecular weight excluding hydrogens is 350 g/mol. The molecule has 0 radical (unpaired) electrons. The highest BCUT2D eigenvalue weighted by Crippen LogP contribution is 2.29. The Morgan fingerprint density at radius 3 is 2.67 bits per heavy atom. The van der Waals surface area contributed by atoms with Crippen LogP contribution in [0.2, 0.25) is 0 Å². The lowest BCUT2D eigenvalue weighted by atomic mass is 10.1. The van der Waals surface area contributed by atoms with E-state index in [2.05, 4.69) is 57.9 Å². The number of pyridine rings is 1. The molecule has 0 saturated carbocycles. The molecule has 0 aliphatic heterocycles. The van der Waals surface area contributed by atoms with Gasteiger partial charge in [0, 0.05) is 10.7 Å². The van der Waals surface area contributed by atoms with Gasteiger partial charge in [-0.15, -0.1) is 11.6 Å². The summed E-state index contributed by atoms with van der Waals surface area (Å²) in [5.74, 6) is 0.809. The Bertz CT molecular complexity index is 824. The number of hydrogen-bond acceptors (Lipinski definition) is 2. The minimum Gasteiger partial charge on any atom is -0.279 e. The van der Waals surface area contributed by atoms with Gasteiger partial charge in [0.15, 0.2) is 5.65 Å². The predicted molar refractivity (Wildman–Crippen MR) is 90.3 cm³/mol. The van der Waals surface area contributed by atoms with Crippen molar-refractivity contribution in [2.45, 2.75) is 26.1 Å². The summed E-state index contributed by atoms with van der Waals surface area (Å²) >= 11 is 9.77. The largest absolute Gasteiger partial charge is 0.279 e. The Morgan fingerprint density at radius 1 is 1.24 bits per heavy atom. The van der Waals surface area contributed by atoms with E-state index in [0.717, 1.165) is 27.1 Å². The quantitative estimate of drug-likeness (QED) is 0.592. The second-order valence-electron chi connectivity index (χ2n) is 5.21. The standard InChI is InChI=1S/C16H15BrClN3/c1-9-4-5-14(10(2)6-9)21-15(11(3)18)20-13-7-12(17)8-19-16(13)21/h4-8,11H,1-3H3. The van der Waals surface area contributed by atoms with Gasteiger partial charge in [0.05, 0.1) is 11.1 Å². The third kappa shape index (κ3) is 2.58. The van der Waals surface area contributed by atoms with Crippen molar-refractivity contribution in [3.05, 3.63) is 51.9 Å². The average molecular weight is 365 g/mol. The molecule has 2 heterocycles. The molecule has 3 nitrogen and oxygen atoms in total. The number of imidazole rings is 1. The zero-order chi connectivity index (χ0) is 15.1. The van der Waals surface area contributed by atoms with Crippen LogP contribution in [0.1, 0.15) is 29.3 Å². The topological polar surface area (TPSA) is 30.7 Å². The number of fused-ring (bicyclic) bond motifs is 1. The zero-order valence-electron chi connectivity index (χ0n) is 12.1. The zero-order valence-corrected chi connectivity index (χ0v) is 14.4. The molecular formula is C16H15BrClN3. The van der Waals surface area contributed by atoms with Gasteiger partial charge in [0.2, 0.25) is 0 Å². The van der Waals surface area contributed by atoms with Crippen molar-refractivity contribution in [1.29, 1.82) is 0 Å². The van der Waals surface area contributed by atoms with Gasteiger partial charge in [-0.05, 0) is 54.4 Å². The molecule has 3 rings (SSSR count). The van der Waals surface area contributed by atoms with Crippen LogP contribution in [-0.2, 0) is 0 Å². The lowest BCUT2D eigenvalue weighted by Gasteiger charge is -2.13. The summed E-state index contributed by atoms with van der Waals surface area (Å²) in [5.41, 5.74) is 5.15. The Hall–Kier alpha value is -1.39. The fourth-order valence-corrected chi connectivity index (χ4v) is 2.98. The molecule has 108 valence electrons. The molecule has 5 heteroatoms. The molecule has 1 unspecified atom stereocenters. The van der Waals surface area contributed by atoms with E-state index >= 15 is 0 Å². The second kappa shape index (κ2) is 5.43. The van der Waals surface area contributed by atoms with Crippen molar-refractivity contribution in [3.8, 4) is 5.69 Å². The van der Waals surface area contributed by atoms with Gasteiger partial charge in [0.25, 0.3) is 0 Å². The maximum absolute atomic E-state index is 6.33. The maximum Gasteiger partial charge on any atom is 0.164 e. The Kier molecular flexibility index (Phi) is 3.76. The SMILES string of the molecule is Cc1ccc(-n2c(C(C)Cl)nc3cc(Br)cnc32)c(C)c1. The Morgan fingerprint density at radius 2 is 2.00 bits per heavy atom. The number of aryl methyl sites for hydroxylation is 2. The molecule has 3 aromatic rings. The van der Waals surface area contributed by atoms with Crippen LogP contribution in [-0.4, -0.2) is 14.5 Å². The molecule has 0 aliphatic rings. The van der Waals surface area contributed by atoms with Crippen molar-refractivity contribution in [2.24, 2.45) is 0 Å². The molecule has 1 atom stereocenters. The summed E-state index contributed by atoms with van der Waals surface area (Å²) in [6.45, 7) is 6.11. The lowest BCUT2D eigenvalue weighted by Crippen LogP contribution is -2.04.